The predicted molar refractivity (Wildman–Crippen MR) is 72.9 cm³/mol. The van der Waals surface area contributed by atoms with Crippen molar-refractivity contribution in [2.45, 2.75) is 12.2 Å². The van der Waals surface area contributed by atoms with Gasteiger partial charge in [0.15, 0.2) is 0 Å². The van der Waals surface area contributed by atoms with Crippen LogP contribution in [0, 0.1) is 10.1 Å². The second-order valence-electron chi connectivity index (χ2n) is 3.79. The van der Waals surface area contributed by atoms with Crippen molar-refractivity contribution >= 4 is 27.9 Å². The highest BCUT2D eigenvalue weighted by Crippen LogP contribution is 2.32. The van der Waals surface area contributed by atoms with Crippen molar-refractivity contribution in [3.05, 3.63) is 28.3 Å². The lowest BCUT2D eigenvalue weighted by Crippen LogP contribution is -2.21. The van der Waals surface area contributed by atoms with E-state index in [9.17, 15) is 14.3 Å². The number of nitro groups is 1. The van der Waals surface area contributed by atoms with E-state index in [-0.39, 0.29) is 16.6 Å². The van der Waals surface area contributed by atoms with Gasteiger partial charge in [0.1, 0.15) is 11.4 Å². The Balaban J connectivity index is 2.95. The second kappa shape index (κ2) is 6.31. The van der Waals surface area contributed by atoms with E-state index in [1.165, 1.54) is 6.07 Å². The molecule has 0 aliphatic heterocycles. The molecule has 1 aromatic carbocycles. The van der Waals surface area contributed by atoms with Gasteiger partial charge in [0, 0.05) is 28.9 Å². The zero-order chi connectivity index (χ0) is 13.7. The number of hydrogen-bond donors (Lipinski definition) is 3. The van der Waals surface area contributed by atoms with Crippen molar-refractivity contribution in [1.29, 1.82) is 0 Å². The van der Waals surface area contributed by atoms with Crippen molar-refractivity contribution < 1.29 is 9.13 Å². The van der Waals surface area contributed by atoms with Crippen molar-refractivity contribution in [3.63, 3.8) is 0 Å². The van der Waals surface area contributed by atoms with Crippen LogP contribution in [-0.4, -0.2) is 27.2 Å². The van der Waals surface area contributed by atoms with Crippen LogP contribution in [0.25, 0.3) is 0 Å². The van der Waals surface area contributed by atoms with Gasteiger partial charge in [0.25, 0.3) is 0 Å². The standard InChI is InChI=1S/C10H16N4O3S/c1-7(18(2)17)6-12-8-4-3-5-9(13-11)10(8)14(15)16/h3-5,7,12-13H,6,11H2,1-2H3. The molecular formula is C10H16N4O3S. The summed E-state index contributed by atoms with van der Waals surface area (Å²) in [5.41, 5.74) is 2.76. The Morgan fingerprint density at radius 2 is 2.11 bits per heavy atom. The number of para-hydroxylation sites is 1. The quantitative estimate of drug-likeness (QED) is 0.406. The summed E-state index contributed by atoms with van der Waals surface area (Å²) in [5.74, 6) is 5.23. The maximum absolute atomic E-state index is 11.2. The molecule has 0 aliphatic rings. The van der Waals surface area contributed by atoms with Crippen LogP contribution in [0.3, 0.4) is 0 Å². The topological polar surface area (TPSA) is 110 Å². The first-order chi connectivity index (χ1) is 8.47. The van der Waals surface area contributed by atoms with Crippen molar-refractivity contribution in [1.82, 2.24) is 0 Å². The molecule has 0 fully saturated rings. The van der Waals surface area contributed by atoms with Gasteiger partial charge in [-0.1, -0.05) is 6.07 Å². The minimum absolute atomic E-state index is 0.0981. The third-order valence-electron chi connectivity index (χ3n) is 2.52. The molecule has 1 aromatic rings. The van der Waals surface area contributed by atoms with E-state index in [1.54, 1.807) is 25.3 Å². The number of nitrogen functional groups attached to an aromatic ring is 1. The lowest BCUT2D eigenvalue weighted by atomic mass is 10.2. The maximum atomic E-state index is 11.2. The SMILES string of the molecule is CC(CNc1cccc(NN)c1[N+](=O)[O-])S(C)=O. The predicted octanol–water partition coefficient (Wildman–Crippen LogP) is 1.06. The van der Waals surface area contributed by atoms with E-state index in [0.717, 1.165) is 0 Å². The Bertz CT molecular complexity index is 466. The highest BCUT2D eigenvalue weighted by Gasteiger charge is 2.19. The number of hydrazine groups is 1. The lowest BCUT2D eigenvalue weighted by Gasteiger charge is -2.12. The lowest BCUT2D eigenvalue weighted by molar-refractivity contribution is -0.383. The van der Waals surface area contributed by atoms with Crippen molar-refractivity contribution in [2.75, 3.05) is 23.5 Å². The molecule has 0 aliphatic carbocycles. The molecule has 0 radical (unpaired) electrons. The average Bonchev–Trinajstić information content (AvgIpc) is 2.34. The Kier molecular flexibility index (Phi) is 5.05. The third kappa shape index (κ3) is 3.41. The monoisotopic (exact) mass is 272 g/mol. The fourth-order valence-corrected chi connectivity index (χ4v) is 1.69. The Morgan fingerprint density at radius 3 is 2.61 bits per heavy atom. The van der Waals surface area contributed by atoms with Gasteiger partial charge in [0.05, 0.1) is 4.92 Å². The number of nitrogens with two attached hydrogens (primary N) is 1. The summed E-state index contributed by atoms with van der Waals surface area (Å²) in [6.45, 7) is 2.19. The maximum Gasteiger partial charge on any atom is 0.316 e. The molecule has 0 bridgehead atoms. The largest absolute Gasteiger partial charge is 0.378 e. The molecule has 0 saturated heterocycles. The van der Waals surface area contributed by atoms with Crippen LogP contribution in [0.1, 0.15) is 6.92 Å². The molecule has 7 nitrogen and oxygen atoms in total. The van der Waals surface area contributed by atoms with Gasteiger partial charge >= 0.3 is 5.69 Å². The van der Waals surface area contributed by atoms with Crippen LogP contribution >= 0.6 is 0 Å². The molecule has 0 spiro atoms. The van der Waals surface area contributed by atoms with Crippen LogP contribution < -0.4 is 16.6 Å². The molecule has 2 unspecified atom stereocenters. The van der Waals surface area contributed by atoms with E-state index in [0.29, 0.717) is 12.2 Å². The number of nitrogens with one attached hydrogen (secondary N) is 2. The van der Waals surface area contributed by atoms with E-state index >= 15 is 0 Å². The van der Waals surface area contributed by atoms with Gasteiger partial charge in [-0.3, -0.25) is 20.2 Å². The first-order valence-corrected chi connectivity index (χ1v) is 6.89. The molecule has 8 heteroatoms. The highest BCUT2D eigenvalue weighted by atomic mass is 32.2. The van der Waals surface area contributed by atoms with Gasteiger partial charge in [-0.2, -0.15) is 0 Å². The van der Waals surface area contributed by atoms with E-state index in [1.807, 2.05) is 0 Å². The van der Waals surface area contributed by atoms with Crippen LogP contribution in [0.2, 0.25) is 0 Å². The van der Waals surface area contributed by atoms with Crippen molar-refractivity contribution in [2.24, 2.45) is 5.84 Å². The molecule has 0 amide bonds. The van der Waals surface area contributed by atoms with Crippen LogP contribution in [0.15, 0.2) is 18.2 Å². The summed E-state index contributed by atoms with van der Waals surface area (Å²) in [5, 5.41) is 13.8. The Morgan fingerprint density at radius 1 is 1.50 bits per heavy atom. The summed E-state index contributed by atoms with van der Waals surface area (Å²) >= 11 is 0. The van der Waals surface area contributed by atoms with Gasteiger partial charge in [-0.25, -0.2) is 0 Å². The summed E-state index contributed by atoms with van der Waals surface area (Å²) in [7, 11) is -0.981. The minimum atomic E-state index is -0.981. The second-order valence-corrected chi connectivity index (χ2v) is 5.60. The van der Waals surface area contributed by atoms with Gasteiger partial charge in [-0.05, 0) is 19.1 Å². The number of benzene rings is 1. The molecule has 0 heterocycles. The number of hydrogen-bond acceptors (Lipinski definition) is 6. The van der Waals surface area contributed by atoms with Gasteiger partial charge in [0.2, 0.25) is 0 Å². The van der Waals surface area contributed by atoms with Gasteiger partial charge < -0.3 is 10.7 Å². The van der Waals surface area contributed by atoms with E-state index in [4.69, 9.17) is 5.84 Å². The summed E-state index contributed by atoms with van der Waals surface area (Å²) < 4.78 is 11.2. The van der Waals surface area contributed by atoms with Crippen LogP contribution in [0.4, 0.5) is 17.1 Å². The molecule has 18 heavy (non-hydrogen) atoms. The molecule has 4 N–H and O–H groups in total. The Hall–Kier alpha value is -1.67. The fourth-order valence-electron chi connectivity index (χ4n) is 1.37. The Labute approximate surface area is 107 Å². The van der Waals surface area contributed by atoms with E-state index < -0.39 is 15.7 Å². The van der Waals surface area contributed by atoms with Gasteiger partial charge in [-0.15, -0.1) is 0 Å². The third-order valence-corrected chi connectivity index (χ3v) is 3.82. The van der Waals surface area contributed by atoms with Crippen molar-refractivity contribution in [3.8, 4) is 0 Å². The average molecular weight is 272 g/mol. The first-order valence-electron chi connectivity index (χ1n) is 5.27. The number of anilines is 2. The number of rotatable bonds is 6. The smallest absolute Gasteiger partial charge is 0.316 e. The summed E-state index contributed by atoms with van der Waals surface area (Å²) in [6.07, 6.45) is 1.60. The zero-order valence-electron chi connectivity index (χ0n) is 10.2. The summed E-state index contributed by atoms with van der Waals surface area (Å²) in [6, 6.07) is 4.76. The van der Waals surface area contributed by atoms with Crippen LogP contribution in [-0.2, 0) is 10.8 Å². The zero-order valence-corrected chi connectivity index (χ0v) is 11.0. The number of nitrogens with zero attached hydrogens (tertiary/aromatic N) is 1. The molecule has 100 valence electrons. The highest BCUT2D eigenvalue weighted by molar-refractivity contribution is 7.84. The molecular weight excluding hydrogens is 256 g/mol. The normalized spacial score (nSPS) is 13.7. The fraction of sp³-hybridized carbons (Fsp3) is 0.400. The van der Waals surface area contributed by atoms with E-state index in [2.05, 4.69) is 10.7 Å². The number of nitro benzene ring substituents is 1. The van der Waals surface area contributed by atoms with Crippen LogP contribution in [0.5, 0.6) is 0 Å². The molecule has 2 atom stereocenters. The molecule has 1 rings (SSSR count). The molecule has 0 aromatic heterocycles. The minimum Gasteiger partial charge on any atom is -0.378 e. The first kappa shape index (κ1) is 14.4. The molecule has 0 saturated carbocycles. The summed E-state index contributed by atoms with van der Waals surface area (Å²) in [4.78, 5) is 10.5.